The molecule has 17 heavy (non-hydrogen) atoms. The van der Waals surface area contributed by atoms with Gasteiger partial charge in [0.25, 0.3) is 0 Å². The summed E-state index contributed by atoms with van der Waals surface area (Å²) in [6.45, 7) is 4.73. The number of nitrogens with zero attached hydrogens (tertiary/aromatic N) is 2. The highest BCUT2D eigenvalue weighted by molar-refractivity contribution is 5.55. The van der Waals surface area contributed by atoms with Gasteiger partial charge in [0.05, 0.1) is 5.56 Å². The van der Waals surface area contributed by atoms with E-state index in [1.807, 2.05) is 6.07 Å². The molecule has 2 rings (SSSR count). The molecule has 1 aliphatic rings. The summed E-state index contributed by atoms with van der Waals surface area (Å²) in [5.41, 5.74) is 3.08. The van der Waals surface area contributed by atoms with Crippen LogP contribution in [0.2, 0.25) is 0 Å². The van der Waals surface area contributed by atoms with E-state index in [2.05, 4.69) is 28.6 Å². The molecule has 0 unspecified atom stereocenters. The van der Waals surface area contributed by atoms with Crippen LogP contribution in [0, 0.1) is 11.3 Å². The normalized spacial score (nSPS) is 13.2. The number of hydrogen-bond acceptors (Lipinski definition) is 4. The fourth-order valence-electron chi connectivity index (χ4n) is 2.14. The number of rotatable bonds is 5. The molecule has 1 heterocycles. The Morgan fingerprint density at radius 1 is 1.41 bits per heavy atom. The van der Waals surface area contributed by atoms with Crippen molar-refractivity contribution in [1.82, 2.24) is 10.3 Å². The molecule has 0 aliphatic heterocycles. The van der Waals surface area contributed by atoms with Gasteiger partial charge in [-0.2, -0.15) is 5.26 Å². The first-order valence-electron chi connectivity index (χ1n) is 6.22. The van der Waals surface area contributed by atoms with Gasteiger partial charge in [-0.15, -0.1) is 0 Å². The summed E-state index contributed by atoms with van der Waals surface area (Å²) >= 11 is 0. The van der Waals surface area contributed by atoms with Crippen molar-refractivity contribution in [3.63, 3.8) is 0 Å². The number of pyridine rings is 1. The van der Waals surface area contributed by atoms with Crippen LogP contribution in [0.3, 0.4) is 0 Å². The van der Waals surface area contributed by atoms with Crippen molar-refractivity contribution in [3.05, 3.63) is 22.9 Å². The number of anilines is 1. The lowest BCUT2D eigenvalue weighted by atomic mass is 10.1. The van der Waals surface area contributed by atoms with E-state index in [0.29, 0.717) is 5.56 Å². The molecule has 2 N–H and O–H groups in total. The van der Waals surface area contributed by atoms with E-state index in [9.17, 15) is 0 Å². The van der Waals surface area contributed by atoms with E-state index in [-0.39, 0.29) is 0 Å². The average Bonchev–Trinajstić information content (AvgIpc) is 2.80. The number of nitrogens with one attached hydrogen (secondary N) is 2. The average molecular weight is 230 g/mol. The lowest BCUT2D eigenvalue weighted by Gasteiger charge is -2.09. The standard InChI is InChI=1S/C13H18N4/c1-2-15-6-7-16-13-11(9-14)8-10-4-3-5-12(10)17-13/h8,15H,2-7H2,1H3,(H,16,17). The van der Waals surface area contributed by atoms with E-state index in [4.69, 9.17) is 5.26 Å². The molecule has 4 nitrogen and oxygen atoms in total. The molecular formula is C13H18N4. The minimum absolute atomic E-state index is 0.669. The third-order valence-electron chi connectivity index (χ3n) is 3.02. The molecule has 0 saturated heterocycles. The maximum atomic E-state index is 9.11. The monoisotopic (exact) mass is 230 g/mol. The molecule has 0 aromatic carbocycles. The van der Waals surface area contributed by atoms with Gasteiger partial charge in [0, 0.05) is 18.8 Å². The summed E-state index contributed by atoms with van der Waals surface area (Å²) in [5, 5.41) is 15.6. The summed E-state index contributed by atoms with van der Waals surface area (Å²) < 4.78 is 0. The first kappa shape index (κ1) is 11.9. The van der Waals surface area contributed by atoms with Gasteiger partial charge >= 0.3 is 0 Å². The van der Waals surface area contributed by atoms with Gasteiger partial charge in [-0.3, -0.25) is 0 Å². The molecule has 1 aromatic heterocycles. The van der Waals surface area contributed by atoms with Crippen LogP contribution in [0.15, 0.2) is 6.07 Å². The van der Waals surface area contributed by atoms with Crippen LogP contribution >= 0.6 is 0 Å². The number of nitriles is 1. The molecule has 0 fully saturated rings. The molecule has 90 valence electrons. The highest BCUT2D eigenvalue weighted by Gasteiger charge is 2.15. The second-order valence-electron chi connectivity index (χ2n) is 4.24. The van der Waals surface area contributed by atoms with Gasteiger partial charge in [-0.25, -0.2) is 4.98 Å². The van der Waals surface area contributed by atoms with Crippen LogP contribution in [0.25, 0.3) is 0 Å². The van der Waals surface area contributed by atoms with Gasteiger partial charge in [0.2, 0.25) is 0 Å². The largest absolute Gasteiger partial charge is 0.368 e. The fraction of sp³-hybridized carbons (Fsp3) is 0.538. The van der Waals surface area contributed by atoms with E-state index < -0.39 is 0 Å². The Balaban J connectivity index is 2.08. The molecule has 0 amide bonds. The quantitative estimate of drug-likeness (QED) is 0.752. The van der Waals surface area contributed by atoms with Crippen molar-refractivity contribution < 1.29 is 0 Å². The second-order valence-corrected chi connectivity index (χ2v) is 4.24. The summed E-state index contributed by atoms with van der Waals surface area (Å²) in [6.07, 6.45) is 3.27. The Kier molecular flexibility index (Phi) is 3.94. The molecule has 0 radical (unpaired) electrons. The van der Waals surface area contributed by atoms with Crippen LogP contribution in [0.1, 0.15) is 30.2 Å². The van der Waals surface area contributed by atoms with Crippen molar-refractivity contribution in [1.29, 1.82) is 5.26 Å². The number of likely N-dealkylation sites (N-methyl/N-ethyl adjacent to an activating group) is 1. The fourth-order valence-corrected chi connectivity index (χ4v) is 2.14. The zero-order chi connectivity index (χ0) is 12.1. The molecule has 0 atom stereocenters. The van der Waals surface area contributed by atoms with Crippen molar-refractivity contribution in [2.75, 3.05) is 25.0 Å². The minimum atomic E-state index is 0.669. The predicted octanol–water partition coefficient (Wildman–Crippen LogP) is 1.46. The van der Waals surface area contributed by atoms with Gasteiger partial charge < -0.3 is 10.6 Å². The van der Waals surface area contributed by atoms with Crippen LogP contribution in [0.5, 0.6) is 0 Å². The molecule has 0 bridgehead atoms. The van der Waals surface area contributed by atoms with Crippen LogP contribution in [0.4, 0.5) is 5.82 Å². The number of fused-ring (bicyclic) bond motifs is 1. The third-order valence-corrected chi connectivity index (χ3v) is 3.02. The van der Waals surface area contributed by atoms with Gasteiger partial charge in [-0.1, -0.05) is 6.92 Å². The third kappa shape index (κ3) is 2.75. The topological polar surface area (TPSA) is 60.7 Å². The van der Waals surface area contributed by atoms with Crippen LogP contribution in [-0.2, 0) is 12.8 Å². The number of hydrogen-bond donors (Lipinski definition) is 2. The first-order chi connectivity index (χ1) is 8.35. The smallest absolute Gasteiger partial charge is 0.144 e. The van der Waals surface area contributed by atoms with E-state index >= 15 is 0 Å². The van der Waals surface area contributed by atoms with Crippen molar-refractivity contribution >= 4 is 5.82 Å². The Bertz CT molecular complexity index is 434. The zero-order valence-corrected chi connectivity index (χ0v) is 10.2. The lowest BCUT2D eigenvalue weighted by Crippen LogP contribution is -2.22. The zero-order valence-electron chi connectivity index (χ0n) is 10.2. The maximum Gasteiger partial charge on any atom is 0.144 e. The van der Waals surface area contributed by atoms with Crippen molar-refractivity contribution in [2.45, 2.75) is 26.2 Å². The van der Waals surface area contributed by atoms with Gasteiger partial charge in [0.1, 0.15) is 11.9 Å². The summed E-state index contributed by atoms with van der Waals surface area (Å²) in [4.78, 5) is 4.56. The number of aromatic nitrogens is 1. The molecule has 0 spiro atoms. The molecule has 1 aliphatic carbocycles. The maximum absolute atomic E-state index is 9.11. The Morgan fingerprint density at radius 2 is 2.29 bits per heavy atom. The highest BCUT2D eigenvalue weighted by Crippen LogP contribution is 2.24. The summed E-state index contributed by atoms with van der Waals surface area (Å²) in [7, 11) is 0. The van der Waals surface area contributed by atoms with E-state index in [1.54, 1.807) is 0 Å². The Labute approximate surface area is 102 Å². The van der Waals surface area contributed by atoms with Gasteiger partial charge in [0.15, 0.2) is 0 Å². The number of aryl methyl sites for hydroxylation is 2. The highest BCUT2D eigenvalue weighted by atomic mass is 15.0. The molecule has 1 aromatic rings. The molecule has 0 saturated carbocycles. The van der Waals surface area contributed by atoms with Gasteiger partial charge in [-0.05, 0) is 37.4 Å². The summed E-state index contributed by atoms with van der Waals surface area (Å²) in [6, 6.07) is 4.21. The molecule has 4 heteroatoms. The summed E-state index contributed by atoms with van der Waals surface area (Å²) in [5.74, 6) is 0.742. The van der Waals surface area contributed by atoms with E-state index in [1.165, 1.54) is 5.56 Å². The Hall–Kier alpha value is -1.60. The second kappa shape index (κ2) is 5.65. The van der Waals surface area contributed by atoms with Crippen LogP contribution in [-0.4, -0.2) is 24.6 Å². The van der Waals surface area contributed by atoms with Crippen molar-refractivity contribution in [3.8, 4) is 6.07 Å². The van der Waals surface area contributed by atoms with E-state index in [0.717, 1.165) is 50.4 Å². The predicted molar refractivity (Wildman–Crippen MR) is 68.0 cm³/mol. The Morgan fingerprint density at radius 3 is 3.06 bits per heavy atom. The minimum Gasteiger partial charge on any atom is -0.368 e. The SMILES string of the molecule is CCNCCNc1nc2c(cc1C#N)CCC2. The molecular weight excluding hydrogens is 212 g/mol. The lowest BCUT2D eigenvalue weighted by molar-refractivity contribution is 0.737. The van der Waals surface area contributed by atoms with Crippen molar-refractivity contribution in [2.24, 2.45) is 0 Å². The first-order valence-corrected chi connectivity index (χ1v) is 6.22. The van der Waals surface area contributed by atoms with Crippen LogP contribution < -0.4 is 10.6 Å².